The molecule has 84 valence electrons. The summed E-state index contributed by atoms with van der Waals surface area (Å²) >= 11 is 0. The van der Waals surface area contributed by atoms with Gasteiger partial charge in [0.25, 0.3) is 0 Å². The van der Waals surface area contributed by atoms with Crippen LogP contribution in [0.1, 0.15) is 11.5 Å². The summed E-state index contributed by atoms with van der Waals surface area (Å²) in [5, 5.41) is 3.86. The van der Waals surface area contributed by atoms with Crippen molar-refractivity contribution in [2.45, 2.75) is 19.6 Å². The SMILES string of the molecule is Cc1cc(CN2CCOC(CN)C2)on1. The molecule has 1 unspecified atom stereocenters. The summed E-state index contributed by atoms with van der Waals surface area (Å²) < 4.78 is 10.7. The first kappa shape index (κ1) is 10.6. The van der Waals surface area contributed by atoms with E-state index in [-0.39, 0.29) is 6.10 Å². The summed E-state index contributed by atoms with van der Waals surface area (Å²) in [6.45, 7) is 5.84. The summed E-state index contributed by atoms with van der Waals surface area (Å²) in [6, 6.07) is 1.97. The van der Waals surface area contributed by atoms with E-state index in [9.17, 15) is 0 Å². The lowest BCUT2D eigenvalue weighted by Crippen LogP contribution is -2.45. The minimum atomic E-state index is 0.155. The number of hydrogen-bond donors (Lipinski definition) is 1. The molecule has 1 aliphatic heterocycles. The molecule has 1 saturated heterocycles. The highest BCUT2D eigenvalue weighted by atomic mass is 16.5. The Balaban J connectivity index is 1.88. The first-order chi connectivity index (χ1) is 7.28. The van der Waals surface area contributed by atoms with Gasteiger partial charge in [-0.2, -0.15) is 0 Å². The number of ether oxygens (including phenoxy) is 1. The normalized spacial score (nSPS) is 23.2. The Morgan fingerprint density at radius 3 is 3.20 bits per heavy atom. The third-order valence-corrected chi connectivity index (χ3v) is 2.54. The molecule has 0 aliphatic carbocycles. The lowest BCUT2D eigenvalue weighted by molar-refractivity contribution is -0.0283. The van der Waals surface area contributed by atoms with E-state index in [1.807, 2.05) is 13.0 Å². The van der Waals surface area contributed by atoms with Crippen molar-refractivity contribution in [2.24, 2.45) is 5.73 Å². The fourth-order valence-electron chi connectivity index (χ4n) is 1.78. The van der Waals surface area contributed by atoms with Crippen LogP contribution in [0.4, 0.5) is 0 Å². The van der Waals surface area contributed by atoms with Crippen molar-refractivity contribution < 1.29 is 9.26 Å². The Bertz CT molecular complexity index is 313. The molecular weight excluding hydrogens is 194 g/mol. The molecule has 0 aromatic carbocycles. The third kappa shape index (κ3) is 2.77. The zero-order valence-electron chi connectivity index (χ0n) is 8.98. The number of morpholine rings is 1. The van der Waals surface area contributed by atoms with Gasteiger partial charge in [-0.1, -0.05) is 5.16 Å². The largest absolute Gasteiger partial charge is 0.374 e. The van der Waals surface area contributed by atoms with Crippen LogP contribution in [0.25, 0.3) is 0 Å². The Morgan fingerprint density at radius 2 is 2.53 bits per heavy atom. The predicted octanol–water partition coefficient (Wildman–Crippen LogP) is 0.143. The van der Waals surface area contributed by atoms with E-state index in [1.54, 1.807) is 0 Å². The van der Waals surface area contributed by atoms with Crippen LogP contribution in [-0.2, 0) is 11.3 Å². The van der Waals surface area contributed by atoms with Gasteiger partial charge in [0, 0.05) is 25.7 Å². The second kappa shape index (κ2) is 4.74. The van der Waals surface area contributed by atoms with Gasteiger partial charge in [0.2, 0.25) is 0 Å². The average Bonchev–Trinajstić information content (AvgIpc) is 2.64. The zero-order chi connectivity index (χ0) is 10.7. The molecule has 0 radical (unpaired) electrons. The van der Waals surface area contributed by atoms with Crippen molar-refractivity contribution >= 4 is 0 Å². The van der Waals surface area contributed by atoms with E-state index >= 15 is 0 Å². The van der Waals surface area contributed by atoms with Gasteiger partial charge in [0.15, 0.2) is 5.76 Å². The molecule has 5 nitrogen and oxygen atoms in total. The van der Waals surface area contributed by atoms with Crippen LogP contribution in [0.3, 0.4) is 0 Å². The molecule has 1 fully saturated rings. The van der Waals surface area contributed by atoms with Gasteiger partial charge in [-0.3, -0.25) is 4.90 Å². The van der Waals surface area contributed by atoms with Gasteiger partial charge < -0.3 is 15.0 Å². The van der Waals surface area contributed by atoms with Crippen LogP contribution >= 0.6 is 0 Å². The van der Waals surface area contributed by atoms with Crippen LogP contribution in [0.2, 0.25) is 0 Å². The highest BCUT2D eigenvalue weighted by Gasteiger charge is 2.20. The third-order valence-electron chi connectivity index (χ3n) is 2.54. The van der Waals surface area contributed by atoms with Crippen molar-refractivity contribution in [1.29, 1.82) is 0 Å². The highest BCUT2D eigenvalue weighted by Crippen LogP contribution is 2.10. The molecule has 2 rings (SSSR count). The topological polar surface area (TPSA) is 64.5 Å². The average molecular weight is 211 g/mol. The Labute approximate surface area is 89.2 Å². The number of aromatic nitrogens is 1. The summed E-state index contributed by atoms with van der Waals surface area (Å²) in [7, 11) is 0. The molecular formula is C10H17N3O2. The maximum absolute atomic E-state index is 5.58. The van der Waals surface area contributed by atoms with Gasteiger partial charge in [-0.15, -0.1) is 0 Å². The van der Waals surface area contributed by atoms with Gasteiger partial charge >= 0.3 is 0 Å². The molecule has 0 saturated carbocycles. The van der Waals surface area contributed by atoms with Crippen molar-refractivity contribution in [1.82, 2.24) is 10.1 Å². The lowest BCUT2D eigenvalue weighted by Gasteiger charge is -2.31. The van der Waals surface area contributed by atoms with Crippen molar-refractivity contribution in [3.8, 4) is 0 Å². The maximum Gasteiger partial charge on any atom is 0.150 e. The van der Waals surface area contributed by atoms with Crippen LogP contribution in [0.5, 0.6) is 0 Å². The predicted molar refractivity (Wildman–Crippen MR) is 55.3 cm³/mol. The lowest BCUT2D eigenvalue weighted by atomic mass is 10.2. The van der Waals surface area contributed by atoms with Gasteiger partial charge in [-0.05, 0) is 6.92 Å². The fraction of sp³-hybridized carbons (Fsp3) is 0.700. The zero-order valence-corrected chi connectivity index (χ0v) is 8.98. The Hall–Kier alpha value is -0.910. The summed E-state index contributed by atoms with van der Waals surface area (Å²) in [4.78, 5) is 2.28. The van der Waals surface area contributed by atoms with E-state index in [2.05, 4.69) is 10.1 Å². The van der Waals surface area contributed by atoms with Crippen LogP contribution in [0, 0.1) is 6.92 Å². The number of hydrogen-bond acceptors (Lipinski definition) is 5. The fourth-order valence-corrected chi connectivity index (χ4v) is 1.78. The van der Waals surface area contributed by atoms with Crippen LogP contribution in [0.15, 0.2) is 10.6 Å². The maximum atomic E-state index is 5.58. The minimum absolute atomic E-state index is 0.155. The number of rotatable bonds is 3. The summed E-state index contributed by atoms with van der Waals surface area (Å²) in [6.07, 6.45) is 0.155. The van der Waals surface area contributed by atoms with Gasteiger partial charge in [0.05, 0.1) is 24.9 Å². The number of nitrogens with two attached hydrogens (primary N) is 1. The van der Waals surface area contributed by atoms with Gasteiger partial charge in [-0.25, -0.2) is 0 Å². The smallest absolute Gasteiger partial charge is 0.150 e. The van der Waals surface area contributed by atoms with Gasteiger partial charge in [0.1, 0.15) is 0 Å². The standard InChI is InChI=1S/C10H17N3O2/c1-8-4-9(15-12-8)6-13-2-3-14-10(5-11)7-13/h4,10H,2-3,5-7,11H2,1H3. The van der Waals surface area contributed by atoms with Crippen molar-refractivity contribution in [3.63, 3.8) is 0 Å². The molecule has 1 aromatic rings. The van der Waals surface area contributed by atoms with E-state index in [1.165, 1.54) is 0 Å². The first-order valence-corrected chi connectivity index (χ1v) is 5.24. The number of nitrogens with zero attached hydrogens (tertiary/aromatic N) is 2. The quantitative estimate of drug-likeness (QED) is 0.770. The summed E-state index contributed by atoms with van der Waals surface area (Å²) in [5.74, 6) is 0.908. The molecule has 1 aromatic heterocycles. The van der Waals surface area contributed by atoms with Crippen LogP contribution < -0.4 is 5.73 Å². The van der Waals surface area contributed by atoms with E-state index < -0.39 is 0 Å². The monoisotopic (exact) mass is 211 g/mol. The molecule has 0 spiro atoms. The van der Waals surface area contributed by atoms with Crippen molar-refractivity contribution in [2.75, 3.05) is 26.2 Å². The molecule has 0 bridgehead atoms. The molecule has 2 N–H and O–H groups in total. The Kier molecular flexibility index (Phi) is 3.35. The van der Waals surface area contributed by atoms with Crippen molar-refractivity contribution in [3.05, 3.63) is 17.5 Å². The molecule has 1 aliphatic rings. The minimum Gasteiger partial charge on any atom is -0.374 e. The second-order valence-electron chi connectivity index (χ2n) is 3.90. The number of aryl methyl sites for hydroxylation is 1. The highest BCUT2D eigenvalue weighted by molar-refractivity contribution is 5.03. The molecule has 15 heavy (non-hydrogen) atoms. The molecule has 1 atom stereocenters. The van der Waals surface area contributed by atoms with E-state index in [0.717, 1.165) is 37.7 Å². The molecule has 0 amide bonds. The second-order valence-corrected chi connectivity index (χ2v) is 3.90. The summed E-state index contributed by atoms with van der Waals surface area (Å²) in [5.41, 5.74) is 6.50. The van der Waals surface area contributed by atoms with E-state index in [0.29, 0.717) is 6.54 Å². The van der Waals surface area contributed by atoms with E-state index in [4.69, 9.17) is 15.0 Å². The van der Waals surface area contributed by atoms with Crippen LogP contribution in [-0.4, -0.2) is 42.4 Å². The first-order valence-electron chi connectivity index (χ1n) is 5.24. The Morgan fingerprint density at radius 1 is 1.67 bits per heavy atom. The molecule has 5 heteroatoms. The molecule has 2 heterocycles.